The predicted molar refractivity (Wildman–Crippen MR) is 104 cm³/mol. The van der Waals surface area contributed by atoms with Gasteiger partial charge in [-0.15, -0.1) is 5.10 Å². The fraction of sp³-hybridized carbons (Fsp3) is 0.150. The Hall–Kier alpha value is -3.48. The fourth-order valence-electron chi connectivity index (χ4n) is 2.95. The van der Waals surface area contributed by atoms with Crippen molar-refractivity contribution < 1.29 is 4.39 Å². The second kappa shape index (κ2) is 7.03. The zero-order chi connectivity index (χ0) is 18.8. The summed E-state index contributed by atoms with van der Waals surface area (Å²) in [5.74, 6) is 0. The molecular weight excluding hydrogens is 343 g/mol. The van der Waals surface area contributed by atoms with E-state index < -0.39 is 6.67 Å². The first-order valence-electron chi connectivity index (χ1n) is 8.57. The smallest absolute Gasteiger partial charge is 0.129 e. The number of aromatic amines is 1. The van der Waals surface area contributed by atoms with Crippen LogP contribution in [0.2, 0.25) is 0 Å². The zero-order valence-corrected chi connectivity index (χ0v) is 15.1. The molecule has 0 aliphatic heterocycles. The summed E-state index contributed by atoms with van der Waals surface area (Å²) in [6.07, 6.45) is 1.76. The van der Waals surface area contributed by atoms with Crippen LogP contribution in [0.5, 0.6) is 0 Å². The van der Waals surface area contributed by atoms with Crippen molar-refractivity contribution in [3.63, 3.8) is 0 Å². The van der Waals surface area contributed by atoms with Crippen LogP contribution in [-0.2, 0) is 0 Å². The van der Waals surface area contributed by atoms with E-state index in [2.05, 4.69) is 20.5 Å². The molecule has 0 bridgehead atoms. The van der Waals surface area contributed by atoms with Gasteiger partial charge in [0.2, 0.25) is 0 Å². The SMILES string of the molecule is CN(C)/C(=C\c1[nH]nc(-c2ccccc2)c1-n1nnc2ccccc21)CF. The van der Waals surface area contributed by atoms with E-state index in [0.717, 1.165) is 28.0 Å². The third kappa shape index (κ3) is 3.08. The minimum atomic E-state index is -0.579. The van der Waals surface area contributed by atoms with Crippen molar-refractivity contribution in [2.24, 2.45) is 0 Å². The number of nitrogens with one attached hydrogen (secondary N) is 1. The molecule has 4 rings (SSSR count). The number of alkyl halides is 1. The molecule has 0 aliphatic rings. The van der Waals surface area contributed by atoms with Crippen LogP contribution in [0.3, 0.4) is 0 Å². The van der Waals surface area contributed by atoms with Crippen molar-refractivity contribution in [1.82, 2.24) is 30.1 Å². The second-order valence-corrected chi connectivity index (χ2v) is 6.35. The van der Waals surface area contributed by atoms with E-state index in [9.17, 15) is 4.39 Å². The highest BCUT2D eigenvalue weighted by atomic mass is 19.1. The maximum atomic E-state index is 13.5. The lowest BCUT2D eigenvalue weighted by Gasteiger charge is -2.14. The molecule has 2 heterocycles. The van der Waals surface area contributed by atoms with Crippen LogP contribution in [0.1, 0.15) is 5.69 Å². The predicted octanol–water partition coefficient (Wildman–Crippen LogP) is 3.68. The van der Waals surface area contributed by atoms with Crippen molar-refractivity contribution in [2.45, 2.75) is 0 Å². The summed E-state index contributed by atoms with van der Waals surface area (Å²) in [4.78, 5) is 1.74. The van der Waals surface area contributed by atoms with Gasteiger partial charge in [0.25, 0.3) is 0 Å². The number of para-hydroxylation sites is 1. The molecule has 1 N–H and O–H groups in total. The van der Waals surface area contributed by atoms with Crippen molar-refractivity contribution >= 4 is 17.1 Å². The molecule has 2 aromatic carbocycles. The average Bonchev–Trinajstić information content (AvgIpc) is 3.30. The Bertz CT molecular complexity index is 1090. The van der Waals surface area contributed by atoms with Gasteiger partial charge in [0.15, 0.2) is 0 Å². The van der Waals surface area contributed by atoms with Crippen LogP contribution in [0, 0.1) is 0 Å². The molecule has 0 fully saturated rings. The Morgan fingerprint density at radius 2 is 1.85 bits per heavy atom. The molecule has 0 aliphatic carbocycles. The summed E-state index contributed by atoms with van der Waals surface area (Å²) in [7, 11) is 3.62. The van der Waals surface area contributed by atoms with Crippen LogP contribution in [0.15, 0.2) is 60.3 Å². The fourth-order valence-corrected chi connectivity index (χ4v) is 2.95. The van der Waals surface area contributed by atoms with Gasteiger partial charge in [-0.05, 0) is 18.2 Å². The second-order valence-electron chi connectivity index (χ2n) is 6.35. The van der Waals surface area contributed by atoms with Crippen LogP contribution in [-0.4, -0.2) is 50.9 Å². The largest absolute Gasteiger partial charge is 0.379 e. The van der Waals surface area contributed by atoms with Crippen LogP contribution in [0.25, 0.3) is 34.1 Å². The lowest BCUT2D eigenvalue weighted by atomic mass is 10.1. The highest BCUT2D eigenvalue weighted by molar-refractivity contribution is 5.82. The van der Waals surface area contributed by atoms with Gasteiger partial charge < -0.3 is 4.90 Å². The molecule has 7 heteroatoms. The molecule has 0 unspecified atom stereocenters. The molecule has 0 spiro atoms. The third-order valence-electron chi connectivity index (χ3n) is 4.40. The van der Waals surface area contributed by atoms with Crippen molar-refractivity contribution in [3.8, 4) is 16.9 Å². The number of benzene rings is 2. The van der Waals surface area contributed by atoms with Crippen LogP contribution in [0.4, 0.5) is 4.39 Å². The minimum Gasteiger partial charge on any atom is -0.379 e. The molecule has 0 radical (unpaired) electrons. The van der Waals surface area contributed by atoms with E-state index in [1.165, 1.54) is 0 Å². The zero-order valence-electron chi connectivity index (χ0n) is 15.1. The number of halogens is 1. The Labute approximate surface area is 155 Å². The number of allylic oxidation sites excluding steroid dienone is 1. The molecule has 0 saturated carbocycles. The topological polar surface area (TPSA) is 62.6 Å². The highest BCUT2D eigenvalue weighted by Gasteiger charge is 2.19. The van der Waals surface area contributed by atoms with Gasteiger partial charge >= 0.3 is 0 Å². The molecule has 27 heavy (non-hydrogen) atoms. The van der Waals surface area contributed by atoms with E-state index in [4.69, 9.17) is 0 Å². The highest BCUT2D eigenvalue weighted by Crippen LogP contribution is 2.30. The van der Waals surface area contributed by atoms with Gasteiger partial charge in [0.05, 0.1) is 11.2 Å². The summed E-state index contributed by atoms with van der Waals surface area (Å²) in [5.41, 5.74) is 5.25. The van der Waals surface area contributed by atoms with Crippen molar-refractivity contribution in [3.05, 3.63) is 66.0 Å². The minimum absolute atomic E-state index is 0.531. The van der Waals surface area contributed by atoms with Gasteiger partial charge in [-0.3, -0.25) is 5.10 Å². The number of hydrogen-bond donors (Lipinski definition) is 1. The Morgan fingerprint density at radius 3 is 2.59 bits per heavy atom. The monoisotopic (exact) mass is 362 g/mol. The molecule has 0 amide bonds. The molecule has 0 atom stereocenters. The maximum Gasteiger partial charge on any atom is 0.129 e. The molecule has 4 aromatic rings. The van der Waals surface area contributed by atoms with Crippen molar-refractivity contribution in [1.29, 1.82) is 0 Å². The number of fused-ring (bicyclic) bond motifs is 1. The Morgan fingerprint density at radius 1 is 1.11 bits per heavy atom. The van der Waals surface area contributed by atoms with E-state index in [-0.39, 0.29) is 0 Å². The summed E-state index contributed by atoms with van der Waals surface area (Å²) >= 11 is 0. The van der Waals surface area contributed by atoms with Crippen molar-refractivity contribution in [2.75, 3.05) is 20.8 Å². The van der Waals surface area contributed by atoms with E-state index in [1.54, 1.807) is 15.7 Å². The Kier molecular flexibility index (Phi) is 4.42. The standard InChI is InChI=1S/C20H19FN6/c1-26(2)15(13-21)12-17-20(19(24-22-17)14-8-4-3-5-9-14)27-18-11-7-6-10-16(18)23-25-27/h3-12H,13H2,1-2H3,(H,22,24)/b15-12-. The molecular formula is C20H19FN6. The summed E-state index contributed by atoms with van der Waals surface area (Å²) in [6, 6.07) is 17.5. The van der Waals surface area contributed by atoms with E-state index in [1.807, 2.05) is 68.7 Å². The summed E-state index contributed by atoms with van der Waals surface area (Å²) in [5, 5.41) is 16.1. The number of aromatic nitrogens is 5. The van der Waals surface area contributed by atoms with Gasteiger partial charge in [-0.2, -0.15) is 5.10 Å². The van der Waals surface area contributed by atoms with Gasteiger partial charge in [-0.25, -0.2) is 9.07 Å². The first kappa shape index (κ1) is 17.0. The summed E-state index contributed by atoms with van der Waals surface area (Å²) in [6.45, 7) is -0.579. The number of nitrogens with zero attached hydrogens (tertiary/aromatic N) is 5. The van der Waals surface area contributed by atoms with Gasteiger partial charge in [0.1, 0.15) is 23.6 Å². The average molecular weight is 362 g/mol. The first-order valence-corrected chi connectivity index (χ1v) is 8.57. The van der Waals surface area contributed by atoms with E-state index >= 15 is 0 Å². The number of H-pyrrole nitrogens is 1. The molecule has 6 nitrogen and oxygen atoms in total. The Balaban J connectivity index is 1.98. The maximum absolute atomic E-state index is 13.5. The lowest BCUT2D eigenvalue weighted by Crippen LogP contribution is -2.12. The summed E-state index contributed by atoms with van der Waals surface area (Å²) < 4.78 is 15.2. The quantitative estimate of drug-likeness (QED) is 0.588. The van der Waals surface area contributed by atoms with Gasteiger partial charge in [0, 0.05) is 25.4 Å². The molecule has 136 valence electrons. The normalized spacial score (nSPS) is 11.9. The number of hydrogen-bond acceptors (Lipinski definition) is 4. The first-order chi connectivity index (χ1) is 13.2. The van der Waals surface area contributed by atoms with E-state index in [0.29, 0.717) is 11.4 Å². The lowest BCUT2D eigenvalue weighted by molar-refractivity contribution is 0.424. The molecule has 0 saturated heterocycles. The number of rotatable bonds is 5. The van der Waals surface area contributed by atoms with Gasteiger partial charge in [-0.1, -0.05) is 47.7 Å². The third-order valence-corrected chi connectivity index (χ3v) is 4.40. The molecule has 2 aromatic heterocycles. The van der Waals surface area contributed by atoms with Crippen LogP contribution >= 0.6 is 0 Å². The van der Waals surface area contributed by atoms with Crippen LogP contribution < -0.4 is 0 Å².